The summed E-state index contributed by atoms with van der Waals surface area (Å²) in [5, 5.41) is 8.78. The van der Waals surface area contributed by atoms with Crippen LogP contribution in [0, 0.1) is 18.8 Å². The summed E-state index contributed by atoms with van der Waals surface area (Å²) in [6.45, 7) is 1.96. The molecule has 6 nitrogen and oxygen atoms in total. The monoisotopic (exact) mass is 643 g/mol. The predicted molar refractivity (Wildman–Crippen MR) is 168 cm³/mol. The predicted octanol–water partition coefficient (Wildman–Crippen LogP) is 5.69. The van der Waals surface area contributed by atoms with E-state index in [1.807, 2.05) is 12.1 Å². The molecule has 9 rings (SSSR count). The summed E-state index contributed by atoms with van der Waals surface area (Å²) in [5.41, 5.74) is 12.2. The van der Waals surface area contributed by atoms with Crippen LogP contribution >= 0.6 is 0 Å². The maximum absolute atomic E-state index is 4.39. The summed E-state index contributed by atoms with van der Waals surface area (Å²) >= 11 is 0. The number of aromatic nitrogens is 3. The molecule has 0 unspecified atom stereocenters. The van der Waals surface area contributed by atoms with Crippen molar-refractivity contribution in [1.82, 2.24) is 15.0 Å². The number of anilines is 4. The zero-order valence-corrected chi connectivity index (χ0v) is 24.3. The number of rotatable bonds is 3. The standard InChI is InChI=1S/C35H22BN6.Pd/c1-2-8-25(9-3-1)39-20-21-40(24-39)26-14-16-28-30-10-4-6-12-34(30)41-35-13-7-5-11-31(35)29-17-15-27(42-37-18-19-38-42)23-33(29)36(41)32(28)22-26;/h1-21,24H;/q-3;. The molecule has 3 aliphatic heterocycles. The third kappa shape index (κ3) is 3.99. The van der Waals surface area contributed by atoms with Crippen molar-refractivity contribution in [2.45, 2.75) is 0 Å². The van der Waals surface area contributed by atoms with Crippen molar-refractivity contribution in [3.05, 3.63) is 147 Å². The van der Waals surface area contributed by atoms with E-state index in [2.05, 4.69) is 147 Å². The van der Waals surface area contributed by atoms with Crippen molar-refractivity contribution in [3.63, 3.8) is 0 Å². The fourth-order valence-corrected chi connectivity index (χ4v) is 6.39. The van der Waals surface area contributed by atoms with Crippen molar-refractivity contribution in [1.29, 1.82) is 0 Å². The molecule has 6 aromatic rings. The van der Waals surface area contributed by atoms with E-state index in [1.165, 1.54) is 28.1 Å². The minimum Gasteiger partial charge on any atom is -0.500 e. The molecule has 3 aliphatic rings. The van der Waals surface area contributed by atoms with Crippen LogP contribution in [0.25, 0.3) is 27.9 Å². The van der Waals surface area contributed by atoms with Gasteiger partial charge in [-0.15, -0.1) is 35.6 Å². The number of nitrogens with zero attached hydrogens (tertiary/aromatic N) is 6. The Morgan fingerprint density at radius 1 is 0.558 bits per heavy atom. The Morgan fingerprint density at radius 2 is 1.12 bits per heavy atom. The first-order valence-electron chi connectivity index (χ1n) is 14.0. The molecule has 0 N–H and O–H groups in total. The number of para-hydroxylation sites is 3. The molecule has 1 aromatic heterocycles. The zero-order valence-electron chi connectivity index (χ0n) is 22.8. The van der Waals surface area contributed by atoms with Crippen molar-refractivity contribution in [2.24, 2.45) is 0 Å². The van der Waals surface area contributed by atoms with E-state index < -0.39 is 0 Å². The molecule has 0 spiro atoms. The maximum Gasteiger partial charge on any atom is 0.278 e. The van der Waals surface area contributed by atoms with E-state index in [1.54, 1.807) is 17.2 Å². The van der Waals surface area contributed by atoms with Crippen LogP contribution in [0.5, 0.6) is 0 Å². The molecule has 5 aromatic carbocycles. The van der Waals surface area contributed by atoms with Crippen molar-refractivity contribution in [2.75, 3.05) is 14.6 Å². The Hall–Kier alpha value is -4.89. The first-order valence-corrected chi connectivity index (χ1v) is 14.0. The summed E-state index contributed by atoms with van der Waals surface area (Å²) in [5.74, 6) is 0. The number of hydrogen-bond donors (Lipinski definition) is 0. The second-order valence-corrected chi connectivity index (χ2v) is 10.5. The molecule has 208 valence electrons. The van der Waals surface area contributed by atoms with Gasteiger partial charge in [0.1, 0.15) is 0 Å². The topological polar surface area (TPSA) is 40.4 Å². The molecule has 0 saturated carbocycles. The van der Waals surface area contributed by atoms with E-state index >= 15 is 0 Å². The Labute approximate surface area is 264 Å². The first kappa shape index (κ1) is 25.8. The van der Waals surface area contributed by atoms with Crippen LogP contribution < -0.4 is 25.5 Å². The quantitative estimate of drug-likeness (QED) is 0.183. The zero-order chi connectivity index (χ0) is 27.6. The van der Waals surface area contributed by atoms with E-state index in [0.717, 1.165) is 33.6 Å². The summed E-state index contributed by atoms with van der Waals surface area (Å²) < 4.78 is 0. The molecule has 0 radical (unpaired) electrons. The van der Waals surface area contributed by atoms with Gasteiger partial charge in [0.2, 0.25) is 0 Å². The Bertz CT molecular complexity index is 2010. The average molecular weight is 644 g/mol. The number of fused-ring (bicyclic) bond motifs is 11. The molecule has 0 fully saturated rings. The Morgan fingerprint density at radius 3 is 1.79 bits per heavy atom. The molecular weight excluding hydrogens is 622 g/mol. The van der Waals surface area contributed by atoms with Gasteiger partial charge in [-0.2, -0.15) is 50.2 Å². The minimum absolute atomic E-state index is 0. The van der Waals surface area contributed by atoms with Gasteiger partial charge in [-0.3, -0.25) is 0 Å². The second kappa shape index (κ2) is 10.1. The third-order valence-electron chi connectivity index (χ3n) is 8.24. The van der Waals surface area contributed by atoms with Gasteiger partial charge < -0.3 is 14.6 Å². The maximum atomic E-state index is 4.39. The van der Waals surface area contributed by atoms with E-state index in [9.17, 15) is 0 Å². The van der Waals surface area contributed by atoms with Gasteiger partial charge in [0.25, 0.3) is 6.85 Å². The fourth-order valence-electron chi connectivity index (χ4n) is 6.39. The molecule has 0 amide bonds. The van der Waals surface area contributed by atoms with Crippen LogP contribution in [-0.2, 0) is 20.4 Å². The second-order valence-electron chi connectivity index (χ2n) is 10.5. The summed E-state index contributed by atoms with van der Waals surface area (Å²) in [7, 11) is 0. The van der Waals surface area contributed by atoms with Gasteiger partial charge in [0.05, 0.1) is 12.4 Å². The van der Waals surface area contributed by atoms with Gasteiger partial charge in [0, 0.05) is 37.5 Å². The Kier molecular flexibility index (Phi) is 6.08. The molecule has 0 aliphatic carbocycles. The summed E-state index contributed by atoms with van der Waals surface area (Å²) in [4.78, 5) is 8.33. The third-order valence-corrected chi connectivity index (χ3v) is 8.24. The van der Waals surface area contributed by atoms with Gasteiger partial charge in [0.15, 0.2) is 0 Å². The molecule has 0 atom stereocenters. The largest absolute Gasteiger partial charge is 0.500 e. The van der Waals surface area contributed by atoms with Crippen molar-refractivity contribution < 1.29 is 20.4 Å². The molecular formula is C35H22BN6Pd-3. The van der Waals surface area contributed by atoms with Crippen LogP contribution in [0.1, 0.15) is 0 Å². The van der Waals surface area contributed by atoms with Gasteiger partial charge in [-0.1, -0.05) is 65.7 Å². The van der Waals surface area contributed by atoms with E-state index in [0.29, 0.717) is 0 Å². The van der Waals surface area contributed by atoms with Crippen LogP contribution in [0.3, 0.4) is 0 Å². The minimum atomic E-state index is -0.132. The van der Waals surface area contributed by atoms with Crippen LogP contribution in [0.2, 0.25) is 0 Å². The average Bonchev–Trinajstić information content (AvgIpc) is 3.78. The van der Waals surface area contributed by atoms with Crippen LogP contribution in [-0.4, -0.2) is 21.8 Å². The number of benzene rings is 5. The first-order chi connectivity index (χ1) is 20.8. The molecule has 4 heterocycles. The molecule has 0 saturated heterocycles. The van der Waals surface area contributed by atoms with Crippen molar-refractivity contribution >= 4 is 40.5 Å². The molecule has 0 bridgehead atoms. The Balaban J connectivity index is 0.00000278. The molecule has 8 heteroatoms. The van der Waals surface area contributed by atoms with Crippen molar-refractivity contribution in [3.8, 4) is 27.9 Å². The van der Waals surface area contributed by atoms with Gasteiger partial charge in [-0.25, -0.2) is 0 Å². The normalized spacial score (nSPS) is 14.0. The van der Waals surface area contributed by atoms with Gasteiger partial charge in [-0.05, 0) is 42.4 Å². The van der Waals surface area contributed by atoms with E-state index in [-0.39, 0.29) is 27.3 Å². The summed E-state index contributed by atoms with van der Waals surface area (Å²) in [6.07, 6.45) is 7.55. The smallest absolute Gasteiger partial charge is 0.278 e. The SMILES string of the molecule is [Pd].[c-]1c(N2C=CN(c3ccccc3)[CH-]2)ccc2c1B1c3[c-]c(-n4nccn4)ccc3-c3ccccc3N1c1ccccc1-2. The summed E-state index contributed by atoms with van der Waals surface area (Å²) in [6, 6.07) is 43.9. The number of hydrogen-bond acceptors (Lipinski definition) is 5. The van der Waals surface area contributed by atoms with Crippen LogP contribution in [0.4, 0.5) is 22.7 Å². The fraction of sp³-hybridized carbons (Fsp3) is 0. The molecule has 43 heavy (non-hydrogen) atoms. The van der Waals surface area contributed by atoms with Crippen LogP contribution in [0.15, 0.2) is 128 Å². The van der Waals surface area contributed by atoms with Gasteiger partial charge >= 0.3 is 0 Å². The van der Waals surface area contributed by atoms with E-state index in [4.69, 9.17) is 0 Å².